The van der Waals surface area contributed by atoms with Gasteiger partial charge in [0.15, 0.2) is 11.5 Å². The maximum atomic E-state index is 5.53. The molecule has 1 aromatic carbocycles. The van der Waals surface area contributed by atoms with Crippen LogP contribution < -0.4 is 14.8 Å². The summed E-state index contributed by atoms with van der Waals surface area (Å²) in [6.07, 6.45) is 3.53. The number of methoxy groups -OCH3 is 1. The first-order valence-electron chi connectivity index (χ1n) is 5.64. The zero-order valence-electron chi connectivity index (χ0n) is 10.9. The third-order valence-corrected chi connectivity index (χ3v) is 3.03. The molecule has 0 saturated heterocycles. The number of hydrogen-bond acceptors (Lipinski definition) is 3. The quantitative estimate of drug-likeness (QED) is 0.574. The van der Waals surface area contributed by atoms with E-state index in [9.17, 15) is 0 Å². The average molecular weight is 349 g/mol. The first-order valence-corrected chi connectivity index (χ1v) is 6.44. The smallest absolute Gasteiger partial charge is 0.162 e. The summed E-state index contributed by atoms with van der Waals surface area (Å²) in [5, 5.41) is 3.25. The highest BCUT2D eigenvalue weighted by Crippen LogP contribution is 2.33. The number of ether oxygens (including phenoxy) is 2. The molecule has 3 nitrogen and oxygen atoms in total. The van der Waals surface area contributed by atoms with E-state index in [-0.39, 0.29) is 12.4 Å². The number of rotatable bonds is 8. The minimum atomic E-state index is 0. The van der Waals surface area contributed by atoms with E-state index in [1.807, 2.05) is 18.2 Å². The van der Waals surface area contributed by atoms with Crippen molar-refractivity contribution in [1.29, 1.82) is 0 Å². The number of nitrogens with one attached hydrogen (secondary N) is 1. The maximum Gasteiger partial charge on any atom is 0.162 e. The van der Waals surface area contributed by atoms with Crippen molar-refractivity contribution in [2.24, 2.45) is 0 Å². The normalized spacial score (nSPS) is 9.37. The standard InChI is InChI=1S/C14H18BrNO2.ClH/c1-4-6-16-10-11-8-13(17-3)14(9-12(11)15)18-7-5-2;/h4-5,8-9,16H,1-2,6-7,10H2,3H3;1H. The third-order valence-electron chi connectivity index (χ3n) is 2.29. The van der Waals surface area contributed by atoms with Crippen molar-refractivity contribution in [1.82, 2.24) is 5.32 Å². The fourth-order valence-corrected chi connectivity index (χ4v) is 1.91. The van der Waals surface area contributed by atoms with Crippen LogP contribution in [0.3, 0.4) is 0 Å². The van der Waals surface area contributed by atoms with Crippen LogP contribution >= 0.6 is 28.3 Å². The van der Waals surface area contributed by atoms with Crippen LogP contribution in [0.2, 0.25) is 0 Å². The molecule has 0 saturated carbocycles. The molecule has 1 N–H and O–H groups in total. The van der Waals surface area contributed by atoms with E-state index >= 15 is 0 Å². The van der Waals surface area contributed by atoms with Crippen molar-refractivity contribution < 1.29 is 9.47 Å². The molecule has 0 aromatic heterocycles. The Labute approximate surface area is 129 Å². The average Bonchev–Trinajstić information content (AvgIpc) is 2.38. The number of halogens is 2. The van der Waals surface area contributed by atoms with Crippen LogP contribution in [0.25, 0.3) is 0 Å². The van der Waals surface area contributed by atoms with Crippen LogP contribution in [-0.2, 0) is 6.54 Å². The van der Waals surface area contributed by atoms with Crippen LogP contribution in [0.4, 0.5) is 0 Å². The highest BCUT2D eigenvalue weighted by atomic mass is 79.9. The summed E-state index contributed by atoms with van der Waals surface area (Å²) in [4.78, 5) is 0. The molecule has 0 heterocycles. The van der Waals surface area contributed by atoms with E-state index in [1.54, 1.807) is 13.2 Å². The van der Waals surface area contributed by atoms with Gasteiger partial charge in [0, 0.05) is 17.6 Å². The molecule has 0 bridgehead atoms. The van der Waals surface area contributed by atoms with E-state index in [0.717, 1.165) is 28.9 Å². The Kier molecular flexibility index (Phi) is 9.39. The minimum Gasteiger partial charge on any atom is -0.493 e. The minimum absolute atomic E-state index is 0. The van der Waals surface area contributed by atoms with E-state index in [0.29, 0.717) is 12.4 Å². The SMILES string of the molecule is C=CCNCc1cc(OC)c(OCC=C)cc1Br.Cl. The van der Waals surface area contributed by atoms with Crippen LogP contribution in [0.1, 0.15) is 5.56 Å². The van der Waals surface area contributed by atoms with E-state index in [4.69, 9.17) is 9.47 Å². The summed E-state index contributed by atoms with van der Waals surface area (Å²) in [7, 11) is 1.63. The van der Waals surface area contributed by atoms with Gasteiger partial charge in [0.2, 0.25) is 0 Å². The Hall–Kier alpha value is -0.970. The van der Waals surface area contributed by atoms with Crippen molar-refractivity contribution in [2.75, 3.05) is 20.3 Å². The van der Waals surface area contributed by atoms with Crippen molar-refractivity contribution in [3.63, 3.8) is 0 Å². The highest BCUT2D eigenvalue weighted by Gasteiger charge is 2.09. The third kappa shape index (κ3) is 5.68. The molecule has 1 rings (SSSR count). The predicted octanol–water partition coefficient (Wildman–Crippen LogP) is 3.72. The summed E-state index contributed by atoms with van der Waals surface area (Å²) in [6, 6.07) is 3.87. The molecule has 0 aliphatic carbocycles. The Balaban J connectivity index is 0.00000324. The van der Waals surface area contributed by atoms with Gasteiger partial charge in [-0.1, -0.05) is 34.7 Å². The lowest BCUT2D eigenvalue weighted by Crippen LogP contribution is -2.13. The van der Waals surface area contributed by atoms with Crippen molar-refractivity contribution in [3.05, 3.63) is 47.5 Å². The lowest BCUT2D eigenvalue weighted by Gasteiger charge is -2.13. The van der Waals surface area contributed by atoms with Gasteiger partial charge in [0.1, 0.15) is 6.61 Å². The van der Waals surface area contributed by atoms with Crippen molar-refractivity contribution in [3.8, 4) is 11.5 Å². The molecule has 106 valence electrons. The Morgan fingerprint density at radius 3 is 2.58 bits per heavy atom. The van der Waals surface area contributed by atoms with Crippen molar-refractivity contribution in [2.45, 2.75) is 6.54 Å². The van der Waals surface area contributed by atoms with Gasteiger partial charge in [0.05, 0.1) is 7.11 Å². The second-order valence-electron chi connectivity index (χ2n) is 3.61. The zero-order valence-corrected chi connectivity index (χ0v) is 13.4. The lowest BCUT2D eigenvalue weighted by atomic mass is 10.2. The Morgan fingerprint density at radius 2 is 2.00 bits per heavy atom. The molecule has 1 aromatic rings. The van der Waals surface area contributed by atoms with E-state index < -0.39 is 0 Å². The summed E-state index contributed by atoms with van der Waals surface area (Å²) in [5.74, 6) is 1.42. The molecule has 19 heavy (non-hydrogen) atoms. The van der Waals surface area contributed by atoms with Gasteiger partial charge in [-0.15, -0.1) is 19.0 Å². The molecule has 0 spiro atoms. The van der Waals surface area contributed by atoms with Gasteiger partial charge in [-0.3, -0.25) is 0 Å². The van der Waals surface area contributed by atoms with Gasteiger partial charge < -0.3 is 14.8 Å². The van der Waals surface area contributed by atoms with Crippen LogP contribution in [0.5, 0.6) is 11.5 Å². The monoisotopic (exact) mass is 347 g/mol. The first kappa shape index (κ1) is 18.0. The van der Waals surface area contributed by atoms with Crippen LogP contribution in [0, 0.1) is 0 Å². The van der Waals surface area contributed by atoms with Gasteiger partial charge in [0.25, 0.3) is 0 Å². The fourth-order valence-electron chi connectivity index (χ4n) is 1.44. The Morgan fingerprint density at radius 1 is 1.26 bits per heavy atom. The van der Waals surface area contributed by atoms with E-state index in [1.165, 1.54) is 0 Å². The molecule has 0 unspecified atom stereocenters. The first-order chi connectivity index (χ1) is 8.72. The molecule has 0 amide bonds. The highest BCUT2D eigenvalue weighted by molar-refractivity contribution is 9.10. The molecular formula is C14H19BrClNO2. The molecule has 0 radical (unpaired) electrons. The van der Waals surface area contributed by atoms with E-state index in [2.05, 4.69) is 34.4 Å². The van der Waals surface area contributed by atoms with Gasteiger partial charge in [-0.05, 0) is 17.7 Å². The number of hydrogen-bond donors (Lipinski definition) is 1. The maximum absolute atomic E-state index is 5.53. The molecule has 0 fully saturated rings. The van der Waals surface area contributed by atoms with Crippen LogP contribution in [0.15, 0.2) is 41.9 Å². The van der Waals surface area contributed by atoms with Crippen LogP contribution in [-0.4, -0.2) is 20.3 Å². The molecule has 5 heteroatoms. The topological polar surface area (TPSA) is 30.5 Å². The molecule has 0 atom stereocenters. The lowest BCUT2D eigenvalue weighted by molar-refractivity contribution is 0.326. The fraction of sp³-hybridized carbons (Fsp3) is 0.286. The summed E-state index contributed by atoms with van der Waals surface area (Å²) in [6.45, 7) is 9.26. The summed E-state index contributed by atoms with van der Waals surface area (Å²) >= 11 is 3.53. The second-order valence-corrected chi connectivity index (χ2v) is 4.47. The van der Waals surface area contributed by atoms with Gasteiger partial charge in [-0.2, -0.15) is 0 Å². The largest absolute Gasteiger partial charge is 0.493 e. The molecule has 0 aliphatic heterocycles. The number of benzene rings is 1. The summed E-state index contributed by atoms with van der Waals surface area (Å²) in [5.41, 5.74) is 1.11. The molecular weight excluding hydrogens is 330 g/mol. The second kappa shape index (κ2) is 9.89. The Bertz CT molecular complexity index is 424. The molecule has 0 aliphatic rings. The van der Waals surface area contributed by atoms with Gasteiger partial charge in [-0.25, -0.2) is 0 Å². The van der Waals surface area contributed by atoms with Crippen molar-refractivity contribution >= 4 is 28.3 Å². The zero-order chi connectivity index (χ0) is 13.4. The summed E-state index contributed by atoms with van der Waals surface area (Å²) < 4.78 is 11.8. The predicted molar refractivity (Wildman–Crippen MR) is 85.5 cm³/mol. The van der Waals surface area contributed by atoms with Gasteiger partial charge >= 0.3 is 0 Å².